The number of hydrogen-bond donors (Lipinski definition) is 1. The molecule has 0 amide bonds. The van der Waals surface area contributed by atoms with Crippen LogP contribution in [0.15, 0.2) is 27.4 Å². The minimum atomic E-state index is -0.212. The summed E-state index contributed by atoms with van der Waals surface area (Å²) in [5.74, 6) is 0.649. The molecule has 0 aliphatic heterocycles. The van der Waals surface area contributed by atoms with Gasteiger partial charge in [-0.15, -0.1) is 0 Å². The molecule has 0 aliphatic carbocycles. The van der Waals surface area contributed by atoms with E-state index >= 15 is 0 Å². The van der Waals surface area contributed by atoms with Crippen molar-refractivity contribution in [2.24, 2.45) is 0 Å². The van der Waals surface area contributed by atoms with Gasteiger partial charge in [0.25, 0.3) is 0 Å². The standard InChI is InChI=1S/C12H14FN3S2/c1-3-11-15-12(18-16-11)17-10-5-4-9(13)6-8(10)7-14-2/h4-6,14H,3,7H2,1-2H3. The molecule has 0 radical (unpaired) electrons. The summed E-state index contributed by atoms with van der Waals surface area (Å²) >= 11 is 2.92. The van der Waals surface area contributed by atoms with E-state index < -0.39 is 0 Å². The minimum absolute atomic E-state index is 0.212. The van der Waals surface area contributed by atoms with Crippen molar-refractivity contribution in [1.29, 1.82) is 0 Å². The summed E-state index contributed by atoms with van der Waals surface area (Å²) in [5, 5.41) is 3.04. The lowest BCUT2D eigenvalue weighted by atomic mass is 10.2. The zero-order valence-electron chi connectivity index (χ0n) is 10.2. The fourth-order valence-electron chi connectivity index (χ4n) is 1.49. The number of rotatable bonds is 5. The van der Waals surface area contributed by atoms with Crippen LogP contribution in [0.5, 0.6) is 0 Å². The van der Waals surface area contributed by atoms with E-state index in [1.807, 2.05) is 14.0 Å². The second kappa shape index (κ2) is 6.26. The molecule has 1 heterocycles. The van der Waals surface area contributed by atoms with Crippen molar-refractivity contribution in [3.05, 3.63) is 35.4 Å². The van der Waals surface area contributed by atoms with Gasteiger partial charge in [0.2, 0.25) is 0 Å². The van der Waals surface area contributed by atoms with Gasteiger partial charge in [0, 0.05) is 17.9 Å². The molecule has 0 saturated heterocycles. The van der Waals surface area contributed by atoms with Gasteiger partial charge in [-0.1, -0.05) is 18.7 Å². The summed E-state index contributed by atoms with van der Waals surface area (Å²) in [6.45, 7) is 2.67. The third-order valence-electron chi connectivity index (χ3n) is 2.35. The molecule has 0 spiro atoms. The second-order valence-corrected chi connectivity index (χ2v) is 5.76. The number of benzene rings is 1. The molecular weight excluding hydrogens is 269 g/mol. The lowest BCUT2D eigenvalue weighted by molar-refractivity contribution is 0.621. The zero-order chi connectivity index (χ0) is 13.0. The SMILES string of the molecule is CCc1nsc(Sc2ccc(F)cc2CNC)n1. The first-order chi connectivity index (χ1) is 8.72. The van der Waals surface area contributed by atoms with Crippen LogP contribution in [0.3, 0.4) is 0 Å². The van der Waals surface area contributed by atoms with Crippen LogP contribution < -0.4 is 5.32 Å². The highest BCUT2D eigenvalue weighted by molar-refractivity contribution is 8.01. The second-order valence-electron chi connectivity index (χ2n) is 3.71. The van der Waals surface area contributed by atoms with Gasteiger partial charge in [-0.25, -0.2) is 9.37 Å². The van der Waals surface area contributed by atoms with Crippen molar-refractivity contribution in [3.63, 3.8) is 0 Å². The van der Waals surface area contributed by atoms with Gasteiger partial charge in [-0.05, 0) is 42.3 Å². The highest BCUT2D eigenvalue weighted by Crippen LogP contribution is 2.32. The smallest absolute Gasteiger partial charge is 0.174 e. The highest BCUT2D eigenvalue weighted by atomic mass is 32.2. The van der Waals surface area contributed by atoms with Gasteiger partial charge in [-0.2, -0.15) is 4.37 Å². The Morgan fingerprint density at radius 3 is 2.94 bits per heavy atom. The number of aromatic nitrogens is 2. The van der Waals surface area contributed by atoms with E-state index in [0.29, 0.717) is 6.54 Å². The molecule has 6 heteroatoms. The van der Waals surface area contributed by atoms with E-state index in [4.69, 9.17) is 0 Å². The zero-order valence-corrected chi connectivity index (χ0v) is 11.9. The van der Waals surface area contributed by atoms with Gasteiger partial charge in [-0.3, -0.25) is 0 Å². The van der Waals surface area contributed by atoms with Gasteiger partial charge in [0.05, 0.1) is 0 Å². The Labute approximate surface area is 114 Å². The van der Waals surface area contributed by atoms with Gasteiger partial charge in [0.15, 0.2) is 4.34 Å². The van der Waals surface area contributed by atoms with Crippen molar-refractivity contribution in [3.8, 4) is 0 Å². The molecule has 1 N–H and O–H groups in total. The van der Waals surface area contributed by atoms with Crippen LogP contribution in [0.25, 0.3) is 0 Å². The van der Waals surface area contributed by atoms with Crippen LogP contribution in [0.2, 0.25) is 0 Å². The average molecular weight is 283 g/mol. The molecular formula is C12H14FN3S2. The molecule has 0 atom stereocenters. The Hall–Kier alpha value is -0.980. The quantitative estimate of drug-likeness (QED) is 0.915. The number of aryl methyl sites for hydroxylation is 1. The molecule has 0 aliphatic rings. The van der Waals surface area contributed by atoms with Gasteiger partial charge in [0.1, 0.15) is 11.6 Å². The van der Waals surface area contributed by atoms with E-state index in [1.54, 1.807) is 12.1 Å². The molecule has 0 bridgehead atoms. The Balaban J connectivity index is 2.22. The van der Waals surface area contributed by atoms with Crippen molar-refractivity contribution in [2.75, 3.05) is 7.05 Å². The first kappa shape index (κ1) is 13.5. The Bertz CT molecular complexity index is 528. The van der Waals surface area contributed by atoms with Crippen LogP contribution in [0.4, 0.5) is 4.39 Å². The number of nitrogens with zero attached hydrogens (tertiary/aromatic N) is 2. The molecule has 0 fully saturated rings. The Morgan fingerprint density at radius 1 is 1.44 bits per heavy atom. The lowest BCUT2D eigenvalue weighted by Crippen LogP contribution is -2.06. The van der Waals surface area contributed by atoms with Crippen LogP contribution in [-0.2, 0) is 13.0 Å². The minimum Gasteiger partial charge on any atom is -0.316 e. The normalized spacial score (nSPS) is 10.8. The van der Waals surface area contributed by atoms with E-state index in [9.17, 15) is 4.39 Å². The third-order valence-corrected chi connectivity index (χ3v) is 4.26. The Morgan fingerprint density at radius 2 is 2.28 bits per heavy atom. The summed E-state index contributed by atoms with van der Waals surface area (Å²) in [6.07, 6.45) is 0.837. The maximum atomic E-state index is 13.2. The predicted octanol–water partition coefficient (Wildman–Crippen LogP) is 3.11. The molecule has 1 aromatic heterocycles. The summed E-state index contributed by atoms with van der Waals surface area (Å²) in [4.78, 5) is 5.42. The fourth-order valence-corrected chi connectivity index (χ4v) is 3.26. The summed E-state index contributed by atoms with van der Waals surface area (Å²) in [5.41, 5.74) is 0.941. The molecule has 2 rings (SSSR count). The molecule has 18 heavy (non-hydrogen) atoms. The van der Waals surface area contributed by atoms with Crippen LogP contribution in [0.1, 0.15) is 18.3 Å². The largest absolute Gasteiger partial charge is 0.316 e. The van der Waals surface area contributed by atoms with Crippen molar-refractivity contribution in [1.82, 2.24) is 14.7 Å². The van der Waals surface area contributed by atoms with Crippen LogP contribution in [0, 0.1) is 5.82 Å². The van der Waals surface area contributed by atoms with E-state index in [-0.39, 0.29) is 5.82 Å². The first-order valence-electron chi connectivity index (χ1n) is 5.66. The van der Waals surface area contributed by atoms with Crippen molar-refractivity contribution < 1.29 is 4.39 Å². The van der Waals surface area contributed by atoms with Crippen molar-refractivity contribution >= 4 is 23.3 Å². The molecule has 1 aromatic carbocycles. The number of nitrogens with one attached hydrogen (secondary N) is 1. The monoisotopic (exact) mass is 283 g/mol. The Kier molecular flexibility index (Phi) is 4.68. The lowest BCUT2D eigenvalue weighted by Gasteiger charge is -2.06. The van der Waals surface area contributed by atoms with Gasteiger partial charge < -0.3 is 5.32 Å². The maximum Gasteiger partial charge on any atom is 0.174 e. The topological polar surface area (TPSA) is 37.8 Å². The number of halogens is 1. The van der Waals surface area contributed by atoms with Crippen LogP contribution in [-0.4, -0.2) is 16.4 Å². The van der Waals surface area contributed by atoms with E-state index in [2.05, 4.69) is 14.7 Å². The molecule has 0 unspecified atom stereocenters. The van der Waals surface area contributed by atoms with Crippen LogP contribution >= 0.6 is 23.3 Å². The molecule has 3 nitrogen and oxygen atoms in total. The molecule has 0 saturated carbocycles. The van der Waals surface area contributed by atoms with E-state index in [1.165, 1.54) is 29.4 Å². The van der Waals surface area contributed by atoms with Crippen molar-refractivity contribution in [2.45, 2.75) is 29.1 Å². The van der Waals surface area contributed by atoms with E-state index in [0.717, 1.165) is 27.0 Å². The average Bonchev–Trinajstić information content (AvgIpc) is 2.81. The summed E-state index contributed by atoms with van der Waals surface area (Å²) in [7, 11) is 1.85. The third kappa shape index (κ3) is 3.28. The predicted molar refractivity (Wildman–Crippen MR) is 72.6 cm³/mol. The number of hydrogen-bond acceptors (Lipinski definition) is 5. The maximum absolute atomic E-state index is 13.2. The highest BCUT2D eigenvalue weighted by Gasteiger charge is 2.09. The van der Waals surface area contributed by atoms with Gasteiger partial charge >= 0.3 is 0 Å². The summed E-state index contributed by atoms with van der Waals surface area (Å²) < 4.78 is 18.3. The fraction of sp³-hybridized carbons (Fsp3) is 0.333. The summed E-state index contributed by atoms with van der Waals surface area (Å²) in [6, 6.07) is 4.82. The molecule has 2 aromatic rings. The first-order valence-corrected chi connectivity index (χ1v) is 7.25. The molecule has 96 valence electrons.